The smallest absolute Gasteiger partial charge is 0.292 e. The minimum Gasteiger partial charge on any atom is -1.00 e. The fraction of sp³-hybridized carbons (Fsp3) is 0.235. The summed E-state index contributed by atoms with van der Waals surface area (Å²) >= 11 is 0. The Labute approximate surface area is 141 Å². The third-order valence-corrected chi connectivity index (χ3v) is 3.82. The van der Waals surface area contributed by atoms with Crippen LogP contribution in [0.5, 0.6) is 0 Å². The van der Waals surface area contributed by atoms with Gasteiger partial charge in [-0.25, -0.2) is 0 Å². The van der Waals surface area contributed by atoms with E-state index < -0.39 is 0 Å². The average molecular weight is 332 g/mol. The summed E-state index contributed by atoms with van der Waals surface area (Å²) in [4.78, 5) is 14.5. The summed E-state index contributed by atoms with van der Waals surface area (Å²) in [5.74, 6) is 0.0650. The van der Waals surface area contributed by atoms with Gasteiger partial charge in [0, 0.05) is 18.3 Å². The lowest BCUT2D eigenvalue weighted by Gasteiger charge is -2.28. The number of para-hydroxylation sites is 1. The van der Waals surface area contributed by atoms with Gasteiger partial charge in [-0.1, -0.05) is 23.4 Å². The maximum absolute atomic E-state index is 12.6. The van der Waals surface area contributed by atoms with E-state index in [0.29, 0.717) is 0 Å². The first-order valence-corrected chi connectivity index (χ1v) is 7.33. The van der Waals surface area contributed by atoms with Crippen molar-refractivity contribution in [1.82, 2.24) is 0 Å². The van der Waals surface area contributed by atoms with Crippen LogP contribution in [0.2, 0.25) is 0 Å². The lowest BCUT2D eigenvalue weighted by molar-refractivity contribution is -0.684. The molecule has 0 saturated carbocycles. The van der Waals surface area contributed by atoms with Crippen molar-refractivity contribution >= 4 is 17.8 Å². The molecular weight excluding hydrogens is 314 g/mol. The molecule has 5 nitrogen and oxygen atoms in total. The number of hydrogen-bond acceptors (Lipinski definition) is 3. The molecule has 0 bridgehead atoms. The van der Waals surface area contributed by atoms with Crippen LogP contribution in [-0.2, 0) is 17.8 Å². The lowest BCUT2D eigenvalue weighted by atomic mass is 10.0. The molecule has 0 radical (unpaired) electrons. The number of anilines is 1. The number of fused-ring (bicyclic) bond motifs is 1. The lowest BCUT2D eigenvalue weighted by Crippen LogP contribution is -3.00. The zero-order valence-corrected chi connectivity index (χ0v) is 13.4. The summed E-state index contributed by atoms with van der Waals surface area (Å²) in [6, 6.07) is 11.7. The molecule has 0 saturated heterocycles. The van der Waals surface area contributed by atoms with Gasteiger partial charge in [-0.3, -0.25) is 4.79 Å². The minimum atomic E-state index is 0. The Morgan fingerprint density at radius 1 is 1.30 bits per heavy atom. The van der Waals surface area contributed by atoms with Crippen LogP contribution in [-0.4, -0.2) is 23.9 Å². The van der Waals surface area contributed by atoms with E-state index in [1.54, 1.807) is 10.8 Å². The van der Waals surface area contributed by atoms with E-state index in [9.17, 15) is 4.79 Å². The third-order valence-electron chi connectivity index (χ3n) is 3.82. The Hall–Kier alpha value is -2.40. The molecule has 1 N–H and O–H groups in total. The van der Waals surface area contributed by atoms with Crippen LogP contribution in [0.25, 0.3) is 0 Å². The highest BCUT2D eigenvalue weighted by atomic mass is 35.5. The van der Waals surface area contributed by atoms with Crippen LogP contribution in [0.1, 0.15) is 17.5 Å². The van der Waals surface area contributed by atoms with Crippen molar-refractivity contribution in [1.29, 1.82) is 0 Å². The number of carbonyl (C=O) groups is 1. The van der Waals surface area contributed by atoms with Gasteiger partial charge in [-0.15, -0.1) is 0 Å². The molecule has 3 rings (SSSR count). The largest absolute Gasteiger partial charge is 1.00 e. The van der Waals surface area contributed by atoms with Crippen molar-refractivity contribution in [2.45, 2.75) is 19.4 Å². The number of nitrogens with zero attached hydrogens (tertiary/aromatic N) is 3. The third kappa shape index (κ3) is 3.87. The van der Waals surface area contributed by atoms with Crippen LogP contribution >= 0.6 is 0 Å². The average Bonchev–Trinajstić information content (AvgIpc) is 2.55. The Morgan fingerprint density at radius 2 is 2.13 bits per heavy atom. The quantitative estimate of drug-likeness (QED) is 0.331. The number of rotatable bonds is 3. The molecule has 1 aromatic carbocycles. The van der Waals surface area contributed by atoms with Crippen LogP contribution in [0.15, 0.2) is 53.9 Å². The predicted octanol–water partition coefficient (Wildman–Crippen LogP) is -1.23. The molecule has 2 heterocycles. The molecular formula is C17H18ClN3O2. The van der Waals surface area contributed by atoms with E-state index in [4.69, 9.17) is 5.21 Å². The number of oxime groups is 1. The Kier molecular flexibility index (Phi) is 5.71. The number of pyridine rings is 1. The Morgan fingerprint density at radius 3 is 2.96 bits per heavy atom. The molecule has 120 valence electrons. The molecule has 0 unspecified atom stereocenters. The highest BCUT2D eigenvalue weighted by Gasteiger charge is 2.24. The molecule has 1 amide bonds. The fourth-order valence-electron chi connectivity index (χ4n) is 2.82. The minimum absolute atomic E-state index is 0. The first-order chi connectivity index (χ1) is 10.8. The van der Waals surface area contributed by atoms with E-state index in [1.807, 2.05) is 41.4 Å². The van der Waals surface area contributed by atoms with Crippen LogP contribution < -0.4 is 21.9 Å². The fourth-order valence-corrected chi connectivity index (χ4v) is 2.82. The molecule has 0 aliphatic carbocycles. The van der Waals surface area contributed by atoms with Crippen LogP contribution in [0.3, 0.4) is 0 Å². The van der Waals surface area contributed by atoms with E-state index >= 15 is 0 Å². The normalized spacial score (nSPS) is 13.5. The van der Waals surface area contributed by atoms with Crippen molar-refractivity contribution in [3.8, 4) is 0 Å². The van der Waals surface area contributed by atoms with Crippen molar-refractivity contribution < 1.29 is 27.0 Å². The second-order valence-corrected chi connectivity index (χ2v) is 5.33. The van der Waals surface area contributed by atoms with Crippen LogP contribution in [0, 0.1) is 0 Å². The summed E-state index contributed by atoms with van der Waals surface area (Å²) in [7, 11) is 0. The molecule has 6 heteroatoms. The molecule has 1 aliphatic heterocycles. The predicted molar refractivity (Wildman–Crippen MR) is 83.1 cm³/mol. The van der Waals surface area contributed by atoms with Gasteiger partial charge >= 0.3 is 0 Å². The van der Waals surface area contributed by atoms with Gasteiger partial charge in [0.2, 0.25) is 6.54 Å². The summed E-state index contributed by atoms with van der Waals surface area (Å²) in [5.41, 5.74) is 3.00. The number of amides is 1. The maximum Gasteiger partial charge on any atom is 0.292 e. The topological polar surface area (TPSA) is 56.8 Å². The van der Waals surface area contributed by atoms with Crippen LogP contribution in [0.4, 0.5) is 5.69 Å². The second kappa shape index (κ2) is 7.74. The molecule has 1 aliphatic rings. The molecule has 23 heavy (non-hydrogen) atoms. The van der Waals surface area contributed by atoms with Gasteiger partial charge < -0.3 is 22.5 Å². The van der Waals surface area contributed by atoms with Gasteiger partial charge in [0.05, 0.1) is 11.8 Å². The summed E-state index contributed by atoms with van der Waals surface area (Å²) in [6.07, 6.45) is 6.98. The number of halogens is 1. The number of aryl methyl sites for hydroxylation is 1. The number of carbonyl (C=O) groups excluding carboxylic acids is 1. The zero-order chi connectivity index (χ0) is 15.4. The number of aromatic nitrogens is 1. The van der Waals surface area contributed by atoms with E-state index in [1.165, 1.54) is 11.8 Å². The van der Waals surface area contributed by atoms with Gasteiger partial charge in [0.15, 0.2) is 12.4 Å². The van der Waals surface area contributed by atoms with Gasteiger partial charge in [-0.05, 0) is 30.5 Å². The monoisotopic (exact) mass is 331 g/mol. The number of benzene rings is 1. The van der Waals surface area contributed by atoms with E-state index in [2.05, 4.69) is 11.2 Å². The Bertz CT molecular complexity index is 718. The molecule has 2 aromatic rings. The summed E-state index contributed by atoms with van der Waals surface area (Å²) in [6.45, 7) is 1.02. The number of hydrogen-bond donors (Lipinski definition) is 1. The van der Waals surface area contributed by atoms with Crippen molar-refractivity contribution in [2.75, 3.05) is 11.4 Å². The van der Waals surface area contributed by atoms with E-state index in [0.717, 1.165) is 30.6 Å². The van der Waals surface area contributed by atoms with E-state index in [-0.39, 0.29) is 24.9 Å². The van der Waals surface area contributed by atoms with Gasteiger partial charge in [-0.2, -0.15) is 4.57 Å². The maximum atomic E-state index is 12.6. The van der Waals surface area contributed by atoms with Gasteiger partial charge in [0.1, 0.15) is 0 Å². The zero-order valence-electron chi connectivity index (χ0n) is 12.6. The molecule has 0 atom stereocenters. The molecule has 1 aromatic heterocycles. The molecule has 0 fully saturated rings. The van der Waals surface area contributed by atoms with Crippen molar-refractivity contribution in [3.63, 3.8) is 0 Å². The highest BCUT2D eigenvalue weighted by molar-refractivity contribution is 5.93. The standard InChI is InChI=1S/C17H17N3O2.ClH/c21-17(13-19-9-3-5-14(12-19)11-18-22)20-10-4-7-15-6-1-2-8-16(15)20;/h1-3,5-6,8-9,11-12H,4,7,10,13H2;1H. The summed E-state index contributed by atoms with van der Waals surface area (Å²) in [5, 5.41) is 11.6. The Balaban J connectivity index is 0.00000192. The van der Waals surface area contributed by atoms with Gasteiger partial charge in [0.25, 0.3) is 5.91 Å². The second-order valence-electron chi connectivity index (χ2n) is 5.33. The first kappa shape index (κ1) is 17.0. The SMILES string of the molecule is O=C(C[n+]1cccc(C=NO)c1)N1CCCc2ccccc21.[Cl-]. The molecule has 0 spiro atoms. The highest BCUT2D eigenvalue weighted by Crippen LogP contribution is 2.26. The van der Waals surface area contributed by atoms with Crippen molar-refractivity contribution in [2.24, 2.45) is 5.16 Å². The summed E-state index contributed by atoms with van der Waals surface area (Å²) < 4.78 is 1.80. The first-order valence-electron chi connectivity index (χ1n) is 7.33. The van der Waals surface area contributed by atoms with Crippen molar-refractivity contribution in [3.05, 3.63) is 59.9 Å².